The summed E-state index contributed by atoms with van der Waals surface area (Å²) in [6.07, 6.45) is 9.43. The molecule has 1 atom stereocenters. The molecule has 1 aromatic heterocycles. The highest BCUT2D eigenvalue weighted by atomic mass is 15.1. The van der Waals surface area contributed by atoms with Gasteiger partial charge in [-0.05, 0) is 19.8 Å². The van der Waals surface area contributed by atoms with Gasteiger partial charge in [-0.25, -0.2) is 4.98 Å². The van der Waals surface area contributed by atoms with Gasteiger partial charge in [-0.15, -0.1) is 0 Å². The van der Waals surface area contributed by atoms with Crippen molar-refractivity contribution in [3.63, 3.8) is 0 Å². The molecule has 2 heteroatoms. The van der Waals surface area contributed by atoms with E-state index in [1.54, 1.807) is 0 Å². The smallest absolute Gasteiger partial charge is 0.0951 e. The second-order valence-corrected chi connectivity index (χ2v) is 3.57. The summed E-state index contributed by atoms with van der Waals surface area (Å²) in [5.74, 6) is 0. The average molecular weight is 166 g/mol. The van der Waals surface area contributed by atoms with E-state index >= 15 is 0 Å². The van der Waals surface area contributed by atoms with Crippen LogP contribution in [-0.2, 0) is 5.54 Å². The highest BCUT2D eigenvalue weighted by Crippen LogP contribution is 2.25. The van der Waals surface area contributed by atoms with E-state index in [2.05, 4.69) is 36.5 Å². The highest BCUT2D eigenvalue weighted by molar-refractivity contribution is 4.87. The van der Waals surface area contributed by atoms with Crippen LogP contribution >= 0.6 is 0 Å². The Morgan fingerprint density at radius 1 is 1.42 bits per heavy atom. The first-order valence-electron chi connectivity index (χ1n) is 4.71. The van der Waals surface area contributed by atoms with Gasteiger partial charge in [0.15, 0.2) is 0 Å². The van der Waals surface area contributed by atoms with Gasteiger partial charge >= 0.3 is 0 Å². The fourth-order valence-electron chi connectivity index (χ4n) is 1.61. The minimum Gasteiger partial charge on any atom is -0.332 e. The molecule has 1 heterocycles. The standard InChI is InChI=1S/C10H18N2/c1-4-6-10(3,5-2)12-8-7-11-9-12/h7-9H,4-6H2,1-3H3. The third-order valence-electron chi connectivity index (χ3n) is 2.68. The predicted octanol–water partition coefficient (Wildman–Crippen LogP) is 2.81. The van der Waals surface area contributed by atoms with Gasteiger partial charge in [-0.2, -0.15) is 0 Å². The molecule has 0 saturated carbocycles. The van der Waals surface area contributed by atoms with Crippen LogP contribution in [0.1, 0.15) is 40.0 Å². The van der Waals surface area contributed by atoms with E-state index in [1.165, 1.54) is 12.8 Å². The maximum atomic E-state index is 4.08. The molecule has 0 aliphatic heterocycles. The molecule has 68 valence electrons. The molecule has 1 unspecified atom stereocenters. The second kappa shape index (κ2) is 3.74. The van der Waals surface area contributed by atoms with Crippen LogP contribution in [0.4, 0.5) is 0 Å². The molecule has 0 spiro atoms. The summed E-state index contributed by atoms with van der Waals surface area (Å²) in [6, 6.07) is 0. The Balaban J connectivity index is 2.80. The average Bonchev–Trinajstić information content (AvgIpc) is 2.57. The van der Waals surface area contributed by atoms with Gasteiger partial charge in [0, 0.05) is 17.9 Å². The van der Waals surface area contributed by atoms with E-state index < -0.39 is 0 Å². The largest absolute Gasteiger partial charge is 0.332 e. The maximum absolute atomic E-state index is 4.08. The number of rotatable bonds is 4. The Morgan fingerprint density at radius 3 is 2.58 bits per heavy atom. The van der Waals surface area contributed by atoms with Gasteiger partial charge in [-0.1, -0.05) is 20.3 Å². The highest BCUT2D eigenvalue weighted by Gasteiger charge is 2.21. The molecular formula is C10H18N2. The first kappa shape index (κ1) is 9.30. The van der Waals surface area contributed by atoms with E-state index in [9.17, 15) is 0 Å². The quantitative estimate of drug-likeness (QED) is 0.672. The molecule has 0 fully saturated rings. The summed E-state index contributed by atoms with van der Waals surface area (Å²) in [5.41, 5.74) is 0.269. The molecule has 12 heavy (non-hydrogen) atoms. The van der Waals surface area contributed by atoms with Gasteiger partial charge in [0.2, 0.25) is 0 Å². The van der Waals surface area contributed by atoms with Crippen LogP contribution < -0.4 is 0 Å². The normalized spacial score (nSPS) is 15.9. The molecule has 1 rings (SSSR count). The van der Waals surface area contributed by atoms with Crippen LogP contribution in [0.2, 0.25) is 0 Å². The summed E-state index contributed by atoms with van der Waals surface area (Å²) >= 11 is 0. The molecule has 0 N–H and O–H groups in total. The molecule has 0 bridgehead atoms. The molecule has 0 saturated heterocycles. The second-order valence-electron chi connectivity index (χ2n) is 3.57. The number of hydrogen-bond donors (Lipinski definition) is 0. The van der Waals surface area contributed by atoms with Crippen LogP contribution in [0.15, 0.2) is 18.7 Å². The molecule has 0 radical (unpaired) electrons. The Morgan fingerprint density at radius 2 is 2.17 bits per heavy atom. The molecule has 1 aromatic rings. The van der Waals surface area contributed by atoms with Crippen molar-refractivity contribution in [2.24, 2.45) is 0 Å². The van der Waals surface area contributed by atoms with Crippen LogP contribution in [0.25, 0.3) is 0 Å². The first-order chi connectivity index (χ1) is 5.73. The van der Waals surface area contributed by atoms with Crippen molar-refractivity contribution in [1.82, 2.24) is 9.55 Å². The lowest BCUT2D eigenvalue weighted by atomic mass is 9.93. The van der Waals surface area contributed by atoms with E-state index in [0.717, 1.165) is 6.42 Å². The zero-order valence-corrected chi connectivity index (χ0v) is 8.25. The number of nitrogens with zero attached hydrogens (tertiary/aromatic N) is 2. The van der Waals surface area contributed by atoms with Gasteiger partial charge < -0.3 is 4.57 Å². The summed E-state index contributed by atoms with van der Waals surface area (Å²) in [5, 5.41) is 0. The fourth-order valence-corrected chi connectivity index (χ4v) is 1.61. The third-order valence-corrected chi connectivity index (χ3v) is 2.68. The van der Waals surface area contributed by atoms with Crippen LogP contribution in [0.3, 0.4) is 0 Å². The van der Waals surface area contributed by atoms with Crippen molar-refractivity contribution in [3.05, 3.63) is 18.7 Å². The van der Waals surface area contributed by atoms with E-state index in [-0.39, 0.29) is 5.54 Å². The van der Waals surface area contributed by atoms with Crippen LogP contribution in [0, 0.1) is 0 Å². The molecular weight excluding hydrogens is 148 g/mol. The van der Waals surface area contributed by atoms with E-state index in [4.69, 9.17) is 0 Å². The molecule has 0 aliphatic carbocycles. The van der Waals surface area contributed by atoms with Gasteiger partial charge in [0.1, 0.15) is 0 Å². The van der Waals surface area contributed by atoms with Gasteiger partial charge in [0.25, 0.3) is 0 Å². The zero-order chi connectivity index (χ0) is 9.03. The van der Waals surface area contributed by atoms with Crippen LogP contribution in [-0.4, -0.2) is 9.55 Å². The van der Waals surface area contributed by atoms with Gasteiger partial charge in [-0.3, -0.25) is 0 Å². The van der Waals surface area contributed by atoms with Crippen molar-refractivity contribution in [3.8, 4) is 0 Å². The van der Waals surface area contributed by atoms with Crippen molar-refractivity contribution >= 4 is 0 Å². The fraction of sp³-hybridized carbons (Fsp3) is 0.700. The van der Waals surface area contributed by atoms with Crippen molar-refractivity contribution in [2.75, 3.05) is 0 Å². The number of aromatic nitrogens is 2. The topological polar surface area (TPSA) is 17.8 Å². The molecule has 0 aliphatic rings. The Labute approximate surface area is 74.6 Å². The minimum atomic E-state index is 0.269. The maximum Gasteiger partial charge on any atom is 0.0951 e. The summed E-state index contributed by atoms with van der Waals surface area (Å²) < 4.78 is 2.22. The molecule has 2 nitrogen and oxygen atoms in total. The summed E-state index contributed by atoms with van der Waals surface area (Å²) in [4.78, 5) is 4.08. The van der Waals surface area contributed by atoms with Crippen molar-refractivity contribution in [2.45, 2.75) is 45.6 Å². The predicted molar refractivity (Wildman–Crippen MR) is 51.1 cm³/mol. The summed E-state index contributed by atoms with van der Waals surface area (Å²) in [6.45, 7) is 6.75. The molecule has 0 aromatic carbocycles. The molecule has 0 amide bonds. The SMILES string of the molecule is CCCC(C)(CC)n1ccnc1. The number of hydrogen-bond acceptors (Lipinski definition) is 1. The third kappa shape index (κ3) is 1.68. The Hall–Kier alpha value is -0.790. The van der Waals surface area contributed by atoms with Crippen LogP contribution in [0.5, 0.6) is 0 Å². The van der Waals surface area contributed by atoms with Crippen molar-refractivity contribution in [1.29, 1.82) is 0 Å². The lowest BCUT2D eigenvalue weighted by Gasteiger charge is -2.29. The first-order valence-corrected chi connectivity index (χ1v) is 4.71. The number of imidazole rings is 1. The van der Waals surface area contributed by atoms with Crippen molar-refractivity contribution < 1.29 is 0 Å². The Kier molecular flexibility index (Phi) is 2.90. The monoisotopic (exact) mass is 166 g/mol. The van der Waals surface area contributed by atoms with E-state index in [1.807, 2.05) is 12.5 Å². The minimum absolute atomic E-state index is 0.269. The van der Waals surface area contributed by atoms with E-state index in [0.29, 0.717) is 0 Å². The lowest BCUT2D eigenvalue weighted by molar-refractivity contribution is 0.278. The van der Waals surface area contributed by atoms with Gasteiger partial charge in [0.05, 0.1) is 6.33 Å². The lowest BCUT2D eigenvalue weighted by Crippen LogP contribution is -2.27. The summed E-state index contributed by atoms with van der Waals surface area (Å²) in [7, 11) is 0. The zero-order valence-electron chi connectivity index (χ0n) is 8.25. The Bertz CT molecular complexity index is 216.